The molecule has 1 fully saturated rings. The predicted octanol–water partition coefficient (Wildman–Crippen LogP) is 6.21. The number of piperidine rings is 1. The molecule has 1 atom stereocenters. The van der Waals surface area contributed by atoms with E-state index in [1.807, 2.05) is 62.4 Å². The number of thiophene rings is 1. The molecule has 3 amide bonds. The molecule has 0 aliphatic carbocycles. The minimum absolute atomic E-state index is 0.0879. The van der Waals surface area contributed by atoms with Gasteiger partial charge in [-0.15, -0.1) is 11.3 Å². The van der Waals surface area contributed by atoms with E-state index in [1.54, 1.807) is 11.1 Å². The lowest BCUT2D eigenvalue weighted by molar-refractivity contribution is 0.0917. The molecule has 2 aromatic carbocycles. The van der Waals surface area contributed by atoms with Gasteiger partial charge >= 0.3 is 6.03 Å². The zero-order chi connectivity index (χ0) is 26.4. The van der Waals surface area contributed by atoms with Gasteiger partial charge in [0.2, 0.25) is 0 Å². The highest BCUT2D eigenvalue weighted by Crippen LogP contribution is 2.46. The van der Waals surface area contributed by atoms with Crippen LogP contribution in [0.3, 0.4) is 0 Å². The number of para-hydroxylation sites is 1. The summed E-state index contributed by atoms with van der Waals surface area (Å²) >= 11 is 1.31. The molecule has 6 rings (SSSR count). The number of urea groups is 1. The Balaban J connectivity index is 1.33. The van der Waals surface area contributed by atoms with E-state index in [4.69, 9.17) is 4.74 Å². The molecule has 0 bridgehead atoms. The van der Waals surface area contributed by atoms with Gasteiger partial charge in [-0.1, -0.05) is 18.2 Å². The molecule has 1 saturated heterocycles. The largest absolute Gasteiger partial charge is 0.457 e. The van der Waals surface area contributed by atoms with Gasteiger partial charge in [0, 0.05) is 18.8 Å². The Kier molecular flexibility index (Phi) is 6.25. The molecular weight excluding hydrogens is 498 g/mol. The SMILES string of the molecule is Cc1ccccc1Oc1ccc(N2C(=O)Nc3c(C(=O)N[C@@H]4CCCN(C)C4)sc4nccc2c34)c(C)c1. The van der Waals surface area contributed by atoms with Gasteiger partial charge in [-0.05, 0) is 81.7 Å². The van der Waals surface area contributed by atoms with Crippen LogP contribution >= 0.6 is 11.3 Å². The number of ether oxygens (including phenoxy) is 1. The Morgan fingerprint density at radius 1 is 1.13 bits per heavy atom. The number of aryl methyl sites for hydroxylation is 2. The maximum Gasteiger partial charge on any atom is 0.331 e. The van der Waals surface area contributed by atoms with Crippen LogP contribution in [0.4, 0.5) is 21.9 Å². The van der Waals surface area contributed by atoms with E-state index < -0.39 is 0 Å². The molecule has 2 N–H and O–H groups in total. The first-order valence-electron chi connectivity index (χ1n) is 12.7. The number of likely N-dealkylation sites (tertiary alicyclic amines) is 1. The number of hydrogen-bond acceptors (Lipinski definition) is 6. The number of carbonyl (C=O) groups is 2. The zero-order valence-corrected chi connectivity index (χ0v) is 22.4. The van der Waals surface area contributed by atoms with Crippen molar-refractivity contribution in [2.24, 2.45) is 0 Å². The van der Waals surface area contributed by atoms with Crippen molar-refractivity contribution in [3.8, 4) is 11.5 Å². The minimum atomic E-state index is -0.314. The van der Waals surface area contributed by atoms with Gasteiger partial charge in [0.15, 0.2) is 0 Å². The number of carbonyl (C=O) groups excluding carboxylic acids is 2. The third-order valence-corrected chi connectivity index (χ3v) is 8.24. The van der Waals surface area contributed by atoms with Crippen LogP contribution in [0.1, 0.15) is 33.6 Å². The van der Waals surface area contributed by atoms with Crippen LogP contribution in [0.2, 0.25) is 0 Å². The number of hydrogen-bond donors (Lipinski definition) is 2. The van der Waals surface area contributed by atoms with Gasteiger partial charge in [0.05, 0.1) is 22.4 Å². The molecule has 38 heavy (non-hydrogen) atoms. The molecule has 9 heteroatoms. The van der Waals surface area contributed by atoms with Crippen molar-refractivity contribution >= 4 is 50.6 Å². The van der Waals surface area contributed by atoms with Crippen molar-refractivity contribution in [3.63, 3.8) is 0 Å². The summed E-state index contributed by atoms with van der Waals surface area (Å²) in [6.07, 6.45) is 3.68. The minimum Gasteiger partial charge on any atom is -0.457 e. The molecule has 0 unspecified atom stereocenters. The lowest BCUT2D eigenvalue weighted by Crippen LogP contribution is -2.46. The van der Waals surface area contributed by atoms with E-state index in [2.05, 4.69) is 27.6 Å². The molecule has 8 nitrogen and oxygen atoms in total. The summed E-state index contributed by atoms with van der Waals surface area (Å²) in [7, 11) is 2.07. The number of benzene rings is 2. The van der Waals surface area contributed by atoms with Crippen molar-refractivity contribution in [2.45, 2.75) is 32.7 Å². The summed E-state index contributed by atoms with van der Waals surface area (Å²) in [5.41, 5.74) is 3.91. The van der Waals surface area contributed by atoms with Crippen LogP contribution in [0.15, 0.2) is 54.7 Å². The second-order valence-electron chi connectivity index (χ2n) is 9.97. The van der Waals surface area contributed by atoms with Crippen LogP contribution < -0.4 is 20.3 Å². The molecule has 4 aromatic rings. The van der Waals surface area contributed by atoms with E-state index in [0.29, 0.717) is 26.8 Å². The van der Waals surface area contributed by atoms with Gasteiger partial charge < -0.3 is 20.3 Å². The van der Waals surface area contributed by atoms with Crippen LogP contribution in [0.5, 0.6) is 11.5 Å². The highest BCUT2D eigenvalue weighted by atomic mass is 32.1. The Bertz CT molecular complexity index is 1570. The Morgan fingerprint density at radius 3 is 2.76 bits per heavy atom. The molecule has 0 spiro atoms. The third kappa shape index (κ3) is 4.37. The van der Waals surface area contributed by atoms with E-state index in [1.165, 1.54) is 11.3 Å². The van der Waals surface area contributed by atoms with Crippen LogP contribution in [0, 0.1) is 13.8 Å². The summed E-state index contributed by atoms with van der Waals surface area (Å²) in [4.78, 5) is 36.4. The molecule has 2 aliphatic rings. The van der Waals surface area contributed by atoms with Gasteiger partial charge in [0.1, 0.15) is 21.2 Å². The Labute approximate surface area is 225 Å². The molecule has 194 valence electrons. The number of rotatable bonds is 5. The number of aromatic nitrogens is 1. The fraction of sp³-hybridized carbons (Fsp3) is 0.276. The van der Waals surface area contributed by atoms with Gasteiger partial charge in [-0.25, -0.2) is 9.78 Å². The number of anilines is 3. The highest BCUT2D eigenvalue weighted by molar-refractivity contribution is 7.21. The first-order valence-corrected chi connectivity index (χ1v) is 13.6. The first kappa shape index (κ1) is 24.4. The number of nitrogens with zero attached hydrogens (tertiary/aromatic N) is 3. The van der Waals surface area contributed by atoms with Gasteiger partial charge in [0.25, 0.3) is 5.91 Å². The molecule has 0 radical (unpaired) electrons. The Hall–Kier alpha value is -3.95. The summed E-state index contributed by atoms with van der Waals surface area (Å²) in [6.45, 7) is 5.81. The predicted molar refractivity (Wildman–Crippen MR) is 151 cm³/mol. The third-order valence-electron chi connectivity index (χ3n) is 7.14. The standard InChI is InChI=1S/C29H29N5O3S/c1-17-7-4-5-9-23(17)37-20-10-11-21(18(2)15-20)34-22-12-13-30-28-24(22)25(32-29(34)36)26(38-28)27(35)31-19-8-6-14-33(3)16-19/h4-5,7,9-13,15,19H,6,8,14,16H2,1-3H3,(H,31,35)(H,32,36)/t19-/m1/s1. The molecule has 0 saturated carbocycles. The molecule has 2 aromatic heterocycles. The number of likely N-dealkylation sites (N-methyl/N-ethyl adjacent to an activating group) is 1. The maximum atomic E-state index is 13.5. The number of nitrogens with one attached hydrogen (secondary N) is 2. The van der Waals surface area contributed by atoms with Crippen molar-refractivity contribution < 1.29 is 14.3 Å². The Morgan fingerprint density at radius 2 is 1.97 bits per heavy atom. The van der Waals surface area contributed by atoms with E-state index in [-0.39, 0.29) is 18.0 Å². The molecule has 4 heterocycles. The van der Waals surface area contributed by atoms with Crippen LogP contribution in [0.25, 0.3) is 10.2 Å². The van der Waals surface area contributed by atoms with Crippen LogP contribution in [-0.4, -0.2) is 48.0 Å². The lowest BCUT2D eigenvalue weighted by atomic mass is 10.1. The molecular formula is C29H29N5O3S. The summed E-state index contributed by atoms with van der Waals surface area (Å²) < 4.78 is 6.10. The van der Waals surface area contributed by atoms with Crippen LogP contribution in [-0.2, 0) is 0 Å². The molecule has 2 aliphatic heterocycles. The monoisotopic (exact) mass is 527 g/mol. The normalized spacial score (nSPS) is 17.4. The van der Waals surface area contributed by atoms with Crippen molar-refractivity contribution in [3.05, 3.63) is 70.7 Å². The lowest BCUT2D eigenvalue weighted by Gasteiger charge is -2.31. The summed E-state index contributed by atoms with van der Waals surface area (Å²) in [5, 5.41) is 6.94. The van der Waals surface area contributed by atoms with E-state index in [0.717, 1.165) is 53.9 Å². The average Bonchev–Trinajstić information content (AvgIpc) is 3.26. The first-order chi connectivity index (χ1) is 18.4. The fourth-order valence-electron chi connectivity index (χ4n) is 5.26. The van der Waals surface area contributed by atoms with Gasteiger partial charge in [-0.3, -0.25) is 9.69 Å². The van der Waals surface area contributed by atoms with Gasteiger partial charge in [-0.2, -0.15) is 0 Å². The zero-order valence-electron chi connectivity index (χ0n) is 21.6. The summed E-state index contributed by atoms with van der Waals surface area (Å²) in [5.74, 6) is 1.32. The highest BCUT2D eigenvalue weighted by Gasteiger charge is 2.34. The van der Waals surface area contributed by atoms with E-state index >= 15 is 0 Å². The fourth-order valence-corrected chi connectivity index (χ4v) is 6.28. The maximum absolute atomic E-state index is 13.5. The second-order valence-corrected chi connectivity index (χ2v) is 11.0. The summed E-state index contributed by atoms with van der Waals surface area (Å²) in [6, 6.07) is 15.1. The topological polar surface area (TPSA) is 86.8 Å². The van der Waals surface area contributed by atoms with Crippen molar-refractivity contribution in [1.82, 2.24) is 15.2 Å². The number of pyridine rings is 1. The van der Waals surface area contributed by atoms with E-state index in [9.17, 15) is 9.59 Å². The quantitative estimate of drug-likeness (QED) is 0.322. The second kappa shape index (κ2) is 9.74. The van der Waals surface area contributed by atoms with Crippen molar-refractivity contribution in [1.29, 1.82) is 0 Å². The smallest absolute Gasteiger partial charge is 0.331 e. The average molecular weight is 528 g/mol. The number of amides is 3. The van der Waals surface area contributed by atoms with Crippen molar-refractivity contribution in [2.75, 3.05) is 30.4 Å².